The van der Waals surface area contributed by atoms with Gasteiger partial charge in [0.2, 0.25) is 12.4 Å². The molecule has 0 aromatic carbocycles. The molecule has 1 rings (SSSR count). The third-order valence-corrected chi connectivity index (χ3v) is 2.47. The molecule has 1 unspecified atom stereocenters. The fourth-order valence-corrected chi connectivity index (χ4v) is 1.38. The van der Waals surface area contributed by atoms with Crippen LogP contribution >= 0.6 is 15.9 Å². The van der Waals surface area contributed by atoms with Crippen LogP contribution in [0.2, 0.25) is 0 Å². The summed E-state index contributed by atoms with van der Waals surface area (Å²) < 4.78 is 18.1. The monoisotopic (exact) mass is 304 g/mol. The molecular formula is C10H10BrFN2O3. The van der Waals surface area contributed by atoms with Gasteiger partial charge in [0.1, 0.15) is 0 Å². The third-order valence-electron chi connectivity index (χ3n) is 1.88. The highest BCUT2D eigenvalue weighted by atomic mass is 79.9. The minimum atomic E-state index is -1.10. The van der Waals surface area contributed by atoms with Crippen LogP contribution in [0.1, 0.15) is 18.7 Å². The normalized spacial score (nSPS) is 11.7. The van der Waals surface area contributed by atoms with Gasteiger partial charge in [-0.3, -0.25) is 4.79 Å². The Kier molecular flexibility index (Phi) is 5.02. The van der Waals surface area contributed by atoms with Crippen LogP contribution in [0.4, 0.5) is 4.39 Å². The van der Waals surface area contributed by atoms with Crippen LogP contribution in [0, 0.1) is 5.95 Å². The summed E-state index contributed by atoms with van der Waals surface area (Å²) in [7, 11) is 0. The van der Waals surface area contributed by atoms with E-state index in [2.05, 4.69) is 26.2 Å². The Labute approximate surface area is 105 Å². The largest absolute Gasteiger partial charge is 0.464 e. The first-order chi connectivity index (χ1) is 8.10. The lowest BCUT2D eigenvalue weighted by atomic mass is 10.2. The van der Waals surface area contributed by atoms with Gasteiger partial charge in [0.05, 0.1) is 16.8 Å². The van der Waals surface area contributed by atoms with Gasteiger partial charge in [-0.1, -0.05) is 0 Å². The molecule has 0 aliphatic heterocycles. The number of carbonyl (C=O) groups is 2. The van der Waals surface area contributed by atoms with E-state index in [4.69, 9.17) is 4.74 Å². The highest BCUT2D eigenvalue weighted by Crippen LogP contribution is 2.18. The van der Waals surface area contributed by atoms with Crippen molar-refractivity contribution in [3.63, 3.8) is 0 Å². The van der Waals surface area contributed by atoms with E-state index in [1.807, 2.05) is 0 Å². The van der Waals surface area contributed by atoms with E-state index in [0.717, 1.165) is 0 Å². The molecule has 92 valence electrons. The summed E-state index contributed by atoms with van der Waals surface area (Å²) in [6.45, 7) is 1.79. The Hall–Kier alpha value is -1.50. The van der Waals surface area contributed by atoms with Gasteiger partial charge >= 0.3 is 5.97 Å². The zero-order chi connectivity index (χ0) is 12.8. The molecule has 17 heavy (non-hydrogen) atoms. The molecule has 0 saturated heterocycles. The molecule has 0 saturated carbocycles. The lowest BCUT2D eigenvalue weighted by molar-refractivity contribution is -0.146. The zero-order valence-electron chi connectivity index (χ0n) is 8.94. The quantitative estimate of drug-likeness (QED) is 0.506. The SMILES string of the molecule is CCOC(=O)C(NC=O)c1ccc(Br)c(F)n1. The smallest absolute Gasteiger partial charge is 0.334 e. The summed E-state index contributed by atoms with van der Waals surface area (Å²) in [6, 6.07) is 1.72. The van der Waals surface area contributed by atoms with Crippen molar-refractivity contribution in [2.75, 3.05) is 6.61 Å². The maximum atomic E-state index is 13.2. The number of ether oxygens (including phenoxy) is 1. The molecule has 0 aliphatic rings. The van der Waals surface area contributed by atoms with E-state index in [0.29, 0.717) is 6.41 Å². The molecule has 0 fully saturated rings. The molecule has 1 aromatic rings. The summed E-state index contributed by atoms with van der Waals surface area (Å²) in [5.41, 5.74) is 0.0799. The van der Waals surface area contributed by atoms with Crippen LogP contribution in [0.3, 0.4) is 0 Å². The van der Waals surface area contributed by atoms with Crippen LogP contribution in [-0.2, 0) is 14.3 Å². The fourth-order valence-electron chi connectivity index (χ4n) is 1.16. The lowest BCUT2D eigenvalue weighted by Crippen LogP contribution is -2.30. The molecular weight excluding hydrogens is 295 g/mol. The number of carbonyl (C=O) groups excluding carboxylic acids is 2. The highest BCUT2D eigenvalue weighted by molar-refractivity contribution is 9.10. The predicted molar refractivity (Wildman–Crippen MR) is 60.5 cm³/mol. The molecule has 1 amide bonds. The molecule has 1 atom stereocenters. The second kappa shape index (κ2) is 6.29. The van der Waals surface area contributed by atoms with Gasteiger partial charge in [-0.05, 0) is 35.0 Å². The number of esters is 1. The van der Waals surface area contributed by atoms with Crippen LogP contribution in [0.15, 0.2) is 16.6 Å². The number of hydrogen-bond donors (Lipinski definition) is 1. The number of nitrogens with one attached hydrogen (secondary N) is 1. The molecule has 1 aromatic heterocycles. The number of rotatable bonds is 5. The van der Waals surface area contributed by atoms with E-state index in [1.54, 1.807) is 6.92 Å². The first-order valence-electron chi connectivity index (χ1n) is 4.78. The second-order valence-electron chi connectivity index (χ2n) is 2.98. The average molecular weight is 305 g/mol. The number of aromatic nitrogens is 1. The Morgan fingerprint density at radius 2 is 2.41 bits per heavy atom. The molecule has 7 heteroatoms. The van der Waals surface area contributed by atoms with Crippen molar-refractivity contribution < 1.29 is 18.7 Å². The first kappa shape index (κ1) is 13.6. The molecule has 5 nitrogen and oxygen atoms in total. The second-order valence-corrected chi connectivity index (χ2v) is 3.83. The zero-order valence-corrected chi connectivity index (χ0v) is 10.5. The van der Waals surface area contributed by atoms with Gasteiger partial charge in [-0.25, -0.2) is 9.78 Å². The number of amides is 1. The summed E-state index contributed by atoms with van der Waals surface area (Å²) in [4.78, 5) is 25.5. The average Bonchev–Trinajstić information content (AvgIpc) is 2.30. The molecule has 1 heterocycles. The number of nitrogens with zero attached hydrogens (tertiary/aromatic N) is 1. The summed E-state index contributed by atoms with van der Waals surface area (Å²) in [6.07, 6.45) is 0.337. The highest BCUT2D eigenvalue weighted by Gasteiger charge is 2.23. The predicted octanol–water partition coefficient (Wildman–Crippen LogP) is 1.33. The molecule has 0 spiro atoms. The Morgan fingerprint density at radius 1 is 1.71 bits per heavy atom. The van der Waals surface area contributed by atoms with Crippen molar-refractivity contribution in [1.82, 2.24) is 10.3 Å². The van der Waals surface area contributed by atoms with Crippen LogP contribution in [0.5, 0.6) is 0 Å². The van der Waals surface area contributed by atoms with Crippen molar-refractivity contribution >= 4 is 28.3 Å². The van der Waals surface area contributed by atoms with E-state index in [9.17, 15) is 14.0 Å². The third kappa shape index (κ3) is 3.48. The number of pyridine rings is 1. The van der Waals surface area contributed by atoms with Gasteiger partial charge in [-0.2, -0.15) is 4.39 Å². The number of halogens is 2. The van der Waals surface area contributed by atoms with Gasteiger partial charge in [-0.15, -0.1) is 0 Å². The Bertz CT molecular complexity index is 428. The van der Waals surface area contributed by atoms with Crippen LogP contribution in [0.25, 0.3) is 0 Å². The Balaban J connectivity index is 3.00. The van der Waals surface area contributed by atoms with Crippen molar-refractivity contribution in [2.45, 2.75) is 13.0 Å². The van der Waals surface area contributed by atoms with Crippen molar-refractivity contribution in [2.24, 2.45) is 0 Å². The molecule has 0 radical (unpaired) electrons. The van der Waals surface area contributed by atoms with E-state index in [-0.39, 0.29) is 16.8 Å². The standard InChI is InChI=1S/C10H10BrFN2O3/c1-2-17-10(16)8(13-5-15)7-4-3-6(11)9(12)14-7/h3-5,8H,2H2,1H3,(H,13,15). The van der Waals surface area contributed by atoms with Gasteiger partial charge in [0.15, 0.2) is 6.04 Å². The topological polar surface area (TPSA) is 68.3 Å². The van der Waals surface area contributed by atoms with Gasteiger partial charge < -0.3 is 10.1 Å². The molecule has 0 aliphatic carbocycles. The lowest BCUT2D eigenvalue weighted by Gasteiger charge is -2.14. The van der Waals surface area contributed by atoms with E-state index >= 15 is 0 Å². The van der Waals surface area contributed by atoms with E-state index in [1.165, 1.54) is 12.1 Å². The first-order valence-corrected chi connectivity index (χ1v) is 5.57. The maximum Gasteiger partial charge on any atom is 0.334 e. The van der Waals surface area contributed by atoms with E-state index < -0.39 is 18.0 Å². The van der Waals surface area contributed by atoms with Crippen molar-refractivity contribution in [3.8, 4) is 0 Å². The maximum absolute atomic E-state index is 13.2. The van der Waals surface area contributed by atoms with Gasteiger partial charge in [0, 0.05) is 0 Å². The summed E-state index contributed by atoms with van der Waals surface area (Å²) in [5.74, 6) is -1.45. The minimum Gasteiger partial charge on any atom is -0.464 e. The summed E-state index contributed by atoms with van der Waals surface area (Å²) in [5, 5.41) is 2.23. The van der Waals surface area contributed by atoms with Crippen molar-refractivity contribution in [1.29, 1.82) is 0 Å². The summed E-state index contributed by atoms with van der Waals surface area (Å²) >= 11 is 2.94. The number of hydrogen-bond acceptors (Lipinski definition) is 4. The van der Waals surface area contributed by atoms with Crippen LogP contribution in [-0.4, -0.2) is 24.0 Å². The van der Waals surface area contributed by atoms with Gasteiger partial charge in [0.25, 0.3) is 0 Å². The van der Waals surface area contributed by atoms with Crippen LogP contribution < -0.4 is 5.32 Å². The minimum absolute atomic E-state index is 0.0799. The Morgan fingerprint density at radius 3 is 2.94 bits per heavy atom. The molecule has 1 N–H and O–H groups in total. The molecule has 0 bridgehead atoms. The van der Waals surface area contributed by atoms with Crippen molar-refractivity contribution in [3.05, 3.63) is 28.2 Å². The fraction of sp³-hybridized carbons (Fsp3) is 0.300.